The van der Waals surface area contributed by atoms with Gasteiger partial charge in [0.2, 0.25) is 6.54 Å². The van der Waals surface area contributed by atoms with Gasteiger partial charge in [-0.15, -0.1) is 0 Å². The van der Waals surface area contributed by atoms with Crippen LogP contribution in [0.2, 0.25) is 0 Å². The Hall–Kier alpha value is -1.12. The normalized spacial score (nSPS) is 3.67. The fourth-order valence-corrected chi connectivity index (χ4v) is 0.441. The number of nitrogens with zero attached hydrogens (tertiary/aromatic N) is 1. The molecule has 96 valence electrons. The molecular weight excluding hydrogens is 410 g/mol. The van der Waals surface area contributed by atoms with Gasteiger partial charge in [-0.3, -0.25) is 0 Å². The zero-order valence-corrected chi connectivity index (χ0v) is 12.7. The van der Waals surface area contributed by atoms with Crippen LogP contribution in [0.3, 0.4) is 0 Å². The van der Waals surface area contributed by atoms with Crippen molar-refractivity contribution in [2.45, 2.75) is 26.2 Å². The van der Waals surface area contributed by atoms with Crippen LogP contribution in [-0.2, 0) is 44.3 Å². The second-order valence-corrected chi connectivity index (χ2v) is 1.59. The van der Waals surface area contributed by atoms with Gasteiger partial charge in [-0.2, -0.15) is 0 Å². The number of unbranched alkanes of at least 4 members (excludes halogenated alkanes) is 2. The Morgan fingerprint density at radius 3 is 1.17 bits per heavy atom. The topological polar surface area (TPSA) is 104 Å². The van der Waals surface area contributed by atoms with Gasteiger partial charge in [0.05, 0.1) is 0 Å². The minimum absolute atomic E-state index is 0. The van der Waals surface area contributed by atoms with Crippen LogP contribution in [0.4, 0.5) is 0 Å². The molecule has 0 fully saturated rings. The standard InChI is InChI=1S/C6H11N.5CO.W/c1-3-4-5-6-7-2;5*1-2;/h3-6H2,1H3;;;;;;. The Bertz CT molecular complexity index is 189. The Balaban J connectivity index is -0.0000000189. The van der Waals surface area contributed by atoms with E-state index in [0.29, 0.717) is 6.54 Å². The molecule has 0 radical (unpaired) electrons. The quantitative estimate of drug-likeness (QED) is 0.378. The SMILES string of the molecule is [C-]#[N+]CCCCC.[C-]#[O+].[C-]#[O+].[C-]#[O+].[C-]#[O+].[C-]#[O+].[W]. The molecule has 7 heteroatoms. The molecule has 0 aliphatic carbocycles. The molecule has 0 bridgehead atoms. The molecule has 0 saturated heterocycles. The number of hydrogen-bond donors (Lipinski definition) is 0. The van der Waals surface area contributed by atoms with Gasteiger partial charge in [0, 0.05) is 27.5 Å². The zero-order chi connectivity index (χ0) is 15.5. The summed E-state index contributed by atoms with van der Waals surface area (Å²) in [5.74, 6) is 0. The van der Waals surface area contributed by atoms with Crippen molar-refractivity contribution in [1.82, 2.24) is 0 Å². The Labute approximate surface area is 122 Å². The summed E-state index contributed by atoms with van der Waals surface area (Å²) < 4.78 is 37.5. The van der Waals surface area contributed by atoms with Crippen molar-refractivity contribution < 1.29 is 44.3 Å². The maximum absolute atomic E-state index is 7.50. The fraction of sp³-hybridized carbons (Fsp3) is 0.455. The van der Waals surface area contributed by atoms with E-state index in [1.54, 1.807) is 0 Å². The molecular formula is C11H11NO5W. The third-order valence-corrected chi connectivity index (χ3v) is 0.873. The molecule has 0 spiro atoms. The van der Waals surface area contributed by atoms with Crippen LogP contribution in [0.25, 0.3) is 4.85 Å². The first-order valence-electron chi connectivity index (χ1n) is 3.77. The first kappa shape index (κ1) is 43.6. The van der Waals surface area contributed by atoms with Crippen LogP contribution in [-0.4, -0.2) is 6.54 Å². The molecule has 0 aliphatic rings. The summed E-state index contributed by atoms with van der Waals surface area (Å²) in [5, 5.41) is 0. The van der Waals surface area contributed by atoms with E-state index < -0.39 is 0 Å². The smallest absolute Gasteiger partial charge is 0 e. The van der Waals surface area contributed by atoms with Crippen molar-refractivity contribution in [3.63, 3.8) is 0 Å². The van der Waals surface area contributed by atoms with Gasteiger partial charge >= 0.3 is 56.5 Å². The summed E-state index contributed by atoms with van der Waals surface area (Å²) in [7, 11) is 0. The van der Waals surface area contributed by atoms with Crippen molar-refractivity contribution >= 4 is 0 Å². The first-order chi connectivity index (χ1) is 8.41. The van der Waals surface area contributed by atoms with E-state index in [-0.39, 0.29) is 21.1 Å². The summed E-state index contributed by atoms with van der Waals surface area (Å²) >= 11 is 0. The van der Waals surface area contributed by atoms with Crippen LogP contribution in [0, 0.1) is 39.8 Å². The molecule has 0 saturated carbocycles. The molecule has 0 heterocycles. The van der Waals surface area contributed by atoms with Crippen molar-refractivity contribution in [3.05, 3.63) is 44.7 Å². The molecule has 18 heavy (non-hydrogen) atoms. The second-order valence-electron chi connectivity index (χ2n) is 1.59. The van der Waals surface area contributed by atoms with Gasteiger partial charge in [0.15, 0.2) is 0 Å². The van der Waals surface area contributed by atoms with E-state index in [2.05, 4.69) is 45.0 Å². The molecule has 0 unspecified atom stereocenters. The van der Waals surface area contributed by atoms with Crippen LogP contribution in [0.15, 0.2) is 0 Å². The predicted molar refractivity (Wildman–Crippen MR) is 50.6 cm³/mol. The van der Waals surface area contributed by atoms with Gasteiger partial charge in [0.1, 0.15) is 0 Å². The summed E-state index contributed by atoms with van der Waals surface area (Å²) in [6.45, 7) is 31.8. The molecule has 0 amide bonds. The Kier molecular flexibility index (Phi) is 566. The monoisotopic (exact) mass is 421 g/mol. The molecule has 0 aliphatic heterocycles. The van der Waals surface area contributed by atoms with Crippen LogP contribution < -0.4 is 0 Å². The van der Waals surface area contributed by atoms with Gasteiger partial charge in [0.25, 0.3) is 0 Å². The summed E-state index contributed by atoms with van der Waals surface area (Å²) in [4.78, 5) is 3.22. The van der Waals surface area contributed by atoms with Gasteiger partial charge in [-0.25, -0.2) is 6.57 Å². The van der Waals surface area contributed by atoms with E-state index in [0.717, 1.165) is 6.42 Å². The van der Waals surface area contributed by atoms with Gasteiger partial charge in [-0.05, 0) is 6.42 Å². The van der Waals surface area contributed by atoms with Crippen molar-refractivity contribution in [1.29, 1.82) is 0 Å². The summed E-state index contributed by atoms with van der Waals surface area (Å²) in [6.07, 6.45) is 3.51. The summed E-state index contributed by atoms with van der Waals surface area (Å²) in [6, 6.07) is 0. The minimum atomic E-state index is 0. The van der Waals surface area contributed by atoms with Crippen LogP contribution in [0.5, 0.6) is 0 Å². The Morgan fingerprint density at radius 1 is 0.722 bits per heavy atom. The van der Waals surface area contributed by atoms with Crippen molar-refractivity contribution in [3.8, 4) is 0 Å². The molecule has 0 N–H and O–H groups in total. The van der Waals surface area contributed by atoms with E-state index in [4.69, 9.17) is 29.8 Å². The number of hydrogen-bond acceptors (Lipinski definition) is 0. The zero-order valence-electron chi connectivity index (χ0n) is 9.73. The van der Waals surface area contributed by atoms with E-state index in [1.165, 1.54) is 12.8 Å². The fourth-order valence-electron chi connectivity index (χ4n) is 0.441. The van der Waals surface area contributed by atoms with Gasteiger partial charge in [-0.1, -0.05) is 13.3 Å². The minimum Gasteiger partial charge on any atom is 0 e. The molecule has 0 aromatic heterocycles. The first-order valence-corrected chi connectivity index (χ1v) is 3.77. The van der Waals surface area contributed by atoms with Crippen LogP contribution >= 0.6 is 0 Å². The second kappa shape index (κ2) is 234. The maximum atomic E-state index is 7.50. The molecule has 0 aromatic carbocycles. The third-order valence-electron chi connectivity index (χ3n) is 0.873. The Morgan fingerprint density at radius 2 is 1.00 bits per heavy atom. The average Bonchev–Trinajstić information content (AvgIpc) is 2.50. The van der Waals surface area contributed by atoms with Gasteiger partial charge < -0.3 is 4.85 Å². The van der Waals surface area contributed by atoms with Crippen molar-refractivity contribution in [2.24, 2.45) is 0 Å². The summed E-state index contributed by atoms with van der Waals surface area (Å²) in [5.41, 5.74) is 0. The molecule has 0 rings (SSSR count). The maximum Gasteiger partial charge on any atom is 0 e. The van der Waals surface area contributed by atoms with E-state index >= 15 is 0 Å². The predicted octanol–water partition coefficient (Wildman–Crippen LogP) is 1.91. The largest absolute Gasteiger partial charge is 0 e. The number of rotatable bonds is 3. The molecule has 0 aromatic rings. The average molecular weight is 421 g/mol. The van der Waals surface area contributed by atoms with Crippen molar-refractivity contribution in [2.75, 3.05) is 6.54 Å². The molecule has 0 atom stereocenters. The van der Waals surface area contributed by atoms with E-state index in [1.807, 2.05) is 0 Å². The van der Waals surface area contributed by atoms with E-state index in [9.17, 15) is 0 Å². The third kappa shape index (κ3) is 346. The molecule has 6 nitrogen and oxygen atoms in total. The van der Waals surface area contributed by atoms with Crippen LogP contribution in [0.1, 0.15) is 26.2 Å².